The summed E-state index contributed by atoms with van der Waals surface area (Å²) in [7, 11) is 4.10. The molecule has 5 heteroatoms. The van der Waals surface area contributed by atoms with E-state index >= 15 is 0 Å². The third-order valence-corrected chi connectivity index (χ3v) is 5.83. The van der Waals surface area contributed by atoms with E-state index in [9.17, 15) is 4.79 Å². The number of nitrogens with zero attached hydrogens (tertiary/aromatic N) is 1. The predicted molar refractivity (Wildman–Crippen MR) is 110 cm³/mol. The number of carbonyl (C=O) groups excluding carboxylic acids is 1. The molecule has 0 aromatic heterocycles. The van der Waals surface area contributed by atoms with Crippen LogP contribution in [0.1, 0.15) is 34.8 Å². The van der Waals surface area contributed by atoms with Crippen molar-refractivity contribution in [1.29, 1.82) is 0 Å². The molecule has 0 aliphatic carbocycles. The van der Waals surface area contributed by atoms with Gasteiger partial charge in [0.05, 0.1) is 25.2 Å². The van der Waals surface area contributed by atoms with E-state index in [1.165, 1.54) is 37.2 Å². The quantitative estimate of drug-likeness (QED) is 0.759. The number of benzene rings is 2. The molecule has 3 rings (SSSR count). The minimum absolute atomic E-state index is 0.0222. The van der Waals surface area contributed by atoms with Gasteiger partial charge in [-0.2, -0.15) is 0 Å². The van der Waals surface area contributed by atoms with Crippen LogP contribution in [0.2, 0.25) is 0 Å². The third-order valence-electron chi connectivity index (χ3n) is 5.14. The Balaban J connectivity index is 1.74. The van der Waals surface area contributed by atoms with Crippen LogP contribution in [0.3, 0.4) is 0 Å². The van der Waals surface area contributed by atoms with E-state index < -0.39 is 0 Å². The van der Waals surface area contributed by atoms with E-state index in [0.717, 1.165) is 4.47 Å². The summed E-state index contributed by atoms with van der Waals surface area (Å²) in [5, 5.41) is 3.15. The van der Waals surface area contributed by atoms with Gasteiger partial charge in [0.25, 0.3) is 5.91 Å². The number of hydrogen-bond acceptors (Lipinski definition) is 2. The minimum Gasteiger partial charge on any atom is -0.378 e. The lowest BCUT2D eigenvalue weighted by Gasteiger charge is -2.26. The van der Waals surface area contributed by atoms with Crippen LogP contribution in [0.5, 0.6) is 0 Å². The van der Waals surface area contributed by atoms with Crippen molar-refractivity contribution in [3.05, 3.63) is 64.1 Å². The number of halogens is 1. The van der Waals surface area contributed by atoms with Gasteiger partial charge >= 0.3 is 0 Å². The van der Waals surface area contributed by atoms with Crippen molar-refractivity contribution in [2.24, 2.45) is 0 Å². The van der Waals surface area contributed by atoms with Crippen molar-refractivity contribution >= 4 is 27.5 Å². The first-order valence-corrected chi connectivity index (χ1v) is 10.00. The number of rotatable bonds is 6. The van der Waals surface area contributed by atoms with Crippen LogP contribution in [0.15, 0.2) is 53.0 Å². The maximum absolute atomic E-state index is 12.6. The van der Waals surface area contributed by atoms with Crippen LogP contribution in [0.4, 0.5) is 5.69 Å². The van der Waals surface area contributed by atoms with E-state index in [1.54, 1.807) is 4.90 Å². The van der Waals surface area contributed by atoms with Crippen molar-refractivity contribution in [3.8, 4) is 0 Å². The van der Waals surface area contributed by atoms with Gasteiger partial charge in [0, 0.05) is 42.7 Å². The van der Waals surface area contributed by atoms with Crippen LogP contribution >= 0.6 is 15.9 Å². The molecular formula is C21H27BrN3O+. The molecule has 138 valence electrons. The summed E-state index contributed by atoms with van der Waals surface area (Å²) >= 11 is 3.47. The molecule has 26 heavy (non-hydrogen) atoms. The lowest BCUT2D eigenvalue weighted by Crippen LogP contribution is -3.11. The van der Waals surface area contributed by atoms with Gasteiger partial charge in [-0.05, 0) is 40.2 Å². The van der Waals surface area contributed by atoms with Crippen molar-refractivity contribution in [3.63, 3.8) is 0 Å². The highest BCUT2D eigenvalue weighted by Crippen LogP contribution is 2.18. The van der Waals surface area contributed by atoms with Crippen LogP contribution in [-0.4, -0.2) is 39.6 Å². The van der Waals surface area contributed by atoms with Gasteiger partial charge in [-0.3, -0.25) is 4.79 Å². The van der Waals surface area contributed by atoms with E-state index in [1.807, 2.05) is 24.3 Å². The molecule has 1 amide bonds. The molecule has 2 aromatic carbocycles. The minimum atomic E-state index is -0.0222. The second-order valence-corrected chi connectivity index (χ2v) is 7.95. The smallest absolute Gasteiger partial charge is 0.252 e. The van der Waals surface area contributed by atoms with Crippen LogP contribution in [0.25, 0.3) is 0 Å². The molecule has 0 radical (unpaired) electrons. The Morgan fingerprint density at radius 3 is 2.38 bits per heavy atom. The average molecular weight is 417 g/mol. The predicted octanol–water partition coefficient (Wildman–Crippen LogP) is 2.66. The van der Waals surface area contributed by atoms with Crippen molar-refractivity contribution < 1.29 is 9.69 Å². The fourth-order valence-corrected chi connectivity index (χ4v) is 4.08. The highest BCUT2D eigenvalue weighted by Gasteiger charge is 2.28. The Morgan fingerprint density at radius 2 is 1.77 bits per heavy atom. The molecule has 1 aliphatic rings. The van der Waals surface area contributed by atoms with Crippen LogP contribution in [-0.2, 0) is 0 Å². The summed E-state index contributed by atoms with van der Waals surface area (Å²) in [4.78, 5) is 16.3. The van der Waals surface area contributed by atoms with E-state index in [0.29, 0.717) is 18.2 Å². The van der Waals surface area contributed by atoms with Crippen LogP contribution < -0.4 is 15.1 Å². The average Bonchev–Trinajstić information content (AvgIpc) is 3.17. The van der Waals surface area contributed by atoms with Crippen molar-refractivity contribution in [1.82, 2.24) is 5.32 Å². The lowest BCUT2D eigenvalue weighted by molar-refractivity contribution is -0.918. The molecule has 0 spiro atoms. The Kier molecular flexibility index (Phi) is 6.33. The molecule has 2 aromatic rings. The van der Waals surface area contributed by atoms with Gasteiger partial charge in [0.2, 0.25) is 0 Å². The zero-order valence-corrected chi connectivity index (χ0v) is 17.1. The number of carbonyl (C=O) groups is 1. The summed E-state index contributed by atoms with van der Waals surface area (Å²) in [5.74, 6) is -0.0222. The molecule has 1 fully saturated rings. The van der Waals surface area contributed by atoms with Gasteiger partial charge in [-0.1, -0.05) is 24.3 Å². The fourth-order valence-electron chi connectivity index (χ4n) is 3.62. The zero-order chi connectivity index (χ0) is 18.5. The number of quaternary nitrogens is 1. The standard InChI is InChI=1S/C21H26BrN3O/c1-24(2)17-11-9-16(10-12-17)20(25-13-5-6-14-25)15-23-21(26)18-7-3-4-8-19(18)22/h3-4,7-12,20H,5-6,13-15H2,1-2H3,(H,23,26)/p+1/t20-/m0/s1. The molecule has 1 heterocycles. The lowest BCUT2D eigenvalue weighted by atomic mass is 10.0. The maximum Gasteiger partial charge on any atom is 0.252 e. The first kappa shape index (κ1) is 18.9. The fraction of sp³-hybridized carbons (Fsp3) is 0.381. The Bertz CT molecular complexity index is 739. The van der Waals surface area contributed by atoms with Gasteiger partial charge < -0.3 is 15.1 Å². The first-order chi connectivity index (χ1) is 12.6. The second kappa shape index (κ2) is 8.69. The number of likely N-dealkylation sites (tertiary alicyclic amines) is 1. The number of hydrogen-bond donors (Lipinski definition) is 2. The number of anilines is 1. The SMILES string of the molecule is CN(C)c1ccc([C@H](CNC(=O)c2ccccc2Br)[NH+]2CCCC2)cc1. The number of amides is 1. The summed E-state index contributed by atoms with van der Waals surface area (Å²) in [5.41, 5.74) is 3.17. The second-order valence-electron chi connectivity index (χ2n) is 7.09. The van der Waals surface area contributed by atoms with E-state index in [4.69, 9.17) is 0 Å². The molecule has 0 bridgehead atoms. The zero-order valence-electron chi connectivity index (χ0n) is 15.5. The van der Waals surface area contributed by atoms with E-state index in [-0.39, 0.29) is 5.91 Å². The summed E-state index contributed by atoms with van der Waals surface area (Å²) in [6, 6.07) is 16.6. The molecule has 2 N–H and O–H groups in total. The highest BCUT2D eigenvalue weighted by molar-refractivity contribution is 9.10. The molecule has 1 aliphatic heterocycles. The normalized spacial score (nSPS) is 15.7. The van der Waals surface area contributed by atoms with Gasteiger partial charge in [0.1, 0.15) is 6.04 Å². The Labute approximate surface area is 164 Å². The maximum atomic E-state index is 12.6. The van der Waals surface area contributed by atoms with Gasteiger partial charge in [-0.15, -0.1) is 0 Å². The number of nitrogens with one attached hydrogen (secondary N) is 2. The molecular weight excluding hydrogens is 390 g/mol. The van der Waals surface area contributed by atoms with E-state index in [2.05, 4.69) is 64.5 Å². The molecule has 1 saturated heterocycles. The van der Waals surface area contributed by atoms with Gasteiger partial charge in [0.15, 0.2) is 0 Å². The monoisotopic (exact) mass is 416 g/mol. The molecule has 0 unspecified atom stereocenters. The van der Waals surface area contributed by atoms with Gasteiger partial charge in [-0.25, -0.2) is 0 Å². The molecule has 1 atom stereocenters. The summed E-state index contributed by atoms with van der Waals surface area (Å²) < 4.78 is 0.831. The topological polar surface area (TPSA) is 36.8 Å². The highest BCUT2D eigenvalue weighted by atomic mass is 79.9. The molecule has 0 saturated carbocycles. The third kappa shape index (κ3) is 4.46. The Morgan fingerprint density at radius 1 is 1.12 bits per heavy atom. The summed E-state index contributed by atoms with van der Waals surface area (Å²) in [6.45, 7) is 2.99. The summed E-state index contributed by atoms with van der Waals surface area (Å²) in [6.07, 6.45) is 2.53. The van der Waals surface area contributed by atoms with Crippen molar-refractivity contribution in [2.45, 2.75) is 18.9 Å². The first-order valence-electron chi connectivity index (χ1n) is 9.21. The van der Waals surface area contributed by atoms with Crippen molar-refractivity contribution in [2.75, 3.05) is 38.6 Å². The Hall–Kier alpha value is -1.85. The van der Waals surface area contributed by atoms with Crippen LogP contribution in [0, 0.1) is 0 Å². The molecule has 4 nitrogen and oxygen atoms in total. The largest absolute Gasteiger partial charge is 0.378 e.